The third-order valence-electron chi connectivity index (χ3n) is 3.61. The fourth-order valence-corrected chi connectivity index (χ4v) is 2.41. The lowest BCUT2D eigenvalue weighted by molar-refractivity contribution is 0.0561. The van der Waals surface area contributed by atoms with Crippen LogP contribution in [0.3, 0.4) is 0 Å². The number of hydrogen-bond acceptors (Lipinski definition) is 3. The van der Waals surface area contributed by atoms with Crippen molar-refractivity contribution >= 4 is 0 Å². The Morgan fingerprint density at radius 1 is 1.47 bits per heavy atom. The molecule has 0 aromatic heterocycles. The van der Waals surface area contributed by atoms with Gasteiger partial charge in [-0.15, -0.1) is 0 Å². The van der Waals surface area contributed by atoms with Gasteiger partial charge < -0.3 is 10.1 Å². The van der Waals surface area contributed by atoms with Crippen molar-refractivity contribution in [3.05, 3.63) is 0 Å². The molecule has 0 aromatic rings. The van der Waals surface area contributed by atoms with Gasteiger partial charge in [0.25, 0.3) is 0 Å². The first-order valence-electron chi connectivity index (χ1n) is 6.36. The van der Waals surface area contributed by atoms with E-state index in [9.17, 15) is 0 Å². The molecule has 0 spiro atoms. The van der Waals surface area contributed by atoms with Gasteiger partial charge in [0.1, 0.15) is 0 Å². The van der Waals surface area contributed by atoms with Gasteiger partial charge in [0.15, 0.2) is 0 Å². The zero-order valence-electron chi connectivity index (χ0n) is 10.0. The molecule has 1 saturated heterocycles. The van der Waals surface area contributed by atoms with E-state index in [1.807, 2.05) is 0 Å². The minimum absolute atomic E-state index is 0.577. The molecular weight excluding hydrogens is 188 g/mol. The molecule has 1 N–H and O–H groups in total. The Kier molecular flexibility index (Phi) is 4.00. The Balaban J connectivity index is 1.75. The molecular formula is C12H24N2O. The van der Waals surface area contributed by atoms with Gasteiger partial charge in [0, 0.05) is 38.3 Å². The molecule has 0 amide bonds. The molecule has 15 heavy (non-hydrogen) atoms. The van der Waals surface area contributed by atoms with Gasteiger partial charge in [0.05, 0.1) is 6.61 Å². The molecule has 2 fully saturated rings. The standard InChI is InChI=1S/C12H24N2O/c1-3-15-9-10(2)14-7-6-13-12(8-14)11-4-5-11/h10-13H,3-9H2,1-2H3. The normalized spacial score (nSPS) is 30.4. The molecule has 88 valence electrons. The van der Waals surface area contributed by atoms with Crippen LogP contribution in [-0.4, -0.2) is 49.8 Å². The van der Waals surface area contributed by atoms with Crippen LogP contribution in [0.4, 0.5) is 0 Å². The molecule has 0 radical (unpaired) electrons. The van der Waals surface area contributed by atoms with Crippen molar-refractivity contribution in [3.63, 3.8) is 0 Å². The summed E-state index contributed by atoms with van der Waals surface area (Å²) in [5.41, 5.74) is 0. The lowest BCUT2D eigenvalue weighted by Crippen LogP contribution is -2.55. The van der Waals surface area contributed by atoms with Crippen molar-refractivity contribution in [1.82, 2.24) is 10.2 Å². The van der Waals surface area contributed by atoms with Gasteiger partial charge in [-0.1, -0.05) is 0 Å². The van der Waals surface area contributed by atoms with Gasteiger partial charge in [-0.05, 0) is 32.6 Å². The lowest BCUT2D eigenvalue weighted by atomic mass is 10.1. The quantitative estimate of drug-likeness (QED) is 0.738. The first-order valence-corrected chi connectivity index (χ1v) is 6.36. The average molecular weight is 212 g/mol. The van der Waals surface area contributed by atoms with Crippen LogP contribution >= 0.6 is 0 Å². The van der Waals surface area contributed by atoms with E-state index >= 15 is 0 Å². The van der Waals surface area contributed by atoms with Crippen LogP contribution in [0.2, 0.25) is 0 Å². The number of hydrogen-bond donors (Lipinski definition) is 1. The summed E-state index contributed by atoms with van der Waals surface area (Å²) in [7, 11) is 0. The van der Waals surface area contributed by atoms with E-state index < -0.39 is 0 Å². The minimum Gasteiger partial charge on any atom is -0.380 e. The van der Waals surface area contributed by atoms with Gasteiger partial charge >= 0.3 is 0 Å². The highest BCUT2D eigenvalue weighted by Crippen LogP contribution is 2.33. The van der Waals surface area contributed by atoms with E-state index in [1.54, 1.807) is 0 Å². The van der Waals surface area contributed by atoms with Gasteiger partial charge in [-0.2, -0.15) is 0 Å². The molecule has 3 nitrogen and oxygen atoms in total. The van der Waals surface area contributed by atoms with Crippen molar-refractivity contribution in [1.29, 1.82) is 0 Å². The van der Waals surface area contributed by atoms with Crippen LogP contribution < -0.4 is 5.32 Å². The zero-order valence-corrected chi connectivity index (χ0v) is 10.0. The summed E-state index contributed by atoms with van der Waals surface area (Å²) in [5.74, 6) is 0.965. The third kappa shape index (κ3) is 3.16. The SMILES string of the molecule is CCOCC(C)N1CCNC(C2CC2)C1. The number of rotatable bonds is 5. The molecule has 3 heteroatoms. The van der Waals surface area contributed by atoms with Crippen molar-refractivity contribution in [2.75, 3.05) is 32.8 Å². The first-order chi connectivity index (χ1) is 7.31. The van der Waals surface area contributed by atoms with Gasteiger partial charge in [-0.3, -0.25) is 4.90 Å². The number of nitrogens with one attached hydrogen (secondary N) is 1. The Hall–Kier alpha value is -0.120. The molecule has 2 aliphatic rings. The highest BCUT2D eigenvalue weighted by Gasteiger charge is 2.34. The van der Waals surface area contributed by atoms with Crippen molar-refractivity contribution < 1.29 is 4.74 Å². The second-order valence-corrected chi connectivity index (χ2v) is 4.90. The predicted molar refractivity (Wildman–Crippen MR) is 62.0 cm³/mol. The second kappa shape index (κ2) is 5.28. The predicted octanol–water partition coefficient (Wildman–Crippen LogP) is 1.10. The van der Waals surface area contributed by atoms with E-state index in [2.05, 4.69) is 24.1 Å². The molecule has 2 unspecified atom stereocenters. The van der Waals surface area contributed by atoms with Crippen LogP contribution in [-0.2, 0) is 4.74 Å². The molecule has 1 aliphatic heterocycles. The smallest absolute Gasteiger partial charge is 0.0619 e. The number of piperazine rings is 1. The largest absolute Gasteiger partial charge is 0.380 e. The fraction of sp³-hybridized carbons (Fsp3) is 1.00. The molecule has 1 saturated carbocycles. The van der Waals surface area contributed by atoms with Crippen LogP contribution in [0.1, 0.15) is 26.7 Å². The number of ether oxygens (including phenoxy) is 1. The maximum absolute atomic E-state index is 5.50. The molecule has 2 rings (SSSR count). The maximum atomic E-state index is 5.50. The Bertz CT molecular complexity index is 194. The monoisotopic (exact) mass is 212 g/mol. The van der Waals surface area contributed by atoms with Gasteiger partial charge in [-0.25, -0.2) is 0 Å². The highest BCUT2D eigenvalue weighted by molar-refractivity contribution is 4.92. The summed E-state index contributed by atoms with van der Waals surface area (Å²) in [6.07, 6.45) is 2.87. The Labute approximate surface area is 93.2 Å². The summed E-state index contributed by atoms with van der Waals surface area (Å²) >= 11 is 0. The second-order valence-electron chi connectivity index (χ2n) is 4.90. The average Bonchev–Trinajstić information content (AvgIpc) is 3.10. The molecule has 2 atom stereocenters. The van der Waals surface area contributed by atoms with E-state index in [-0.39, 0.29) is 0 Å². The van der Waals surface area contributed by atoms with E-state index in [0.29, 0.717) is 6.04 Å². The molecule has 1 aliphatic carbocycles. The molecule has 0 aromatic carbocycles. The molecule has 0 bridgehead atoms. The highest BCUT2D eigenvalue weighted by atomic mass is 16.5. The van der Waals surface area contributed by atoms with Crippen LogP contribution in [0, 0.1) is 5.92 Å². The van der Waals surface area contributed by atoms with Crippen LogP contribution in [0.5, 0.6) is 0 Å². The van der Waals surface area contributed by atoms with E-state index in [1.165, 1.54) is 25.9 Å². The lowest BCUT2D eigenvalue weighted by Gasteiger charge is -2.37. The van der Waals surface area contributed by atoms with E-state index in [4.69, 9.17) is 4.74 Å². The van der Waals surface area contributed by atoms with Crippen LogP contribution in [0.25, 0.3) is 0 Å². The first kappa shape index (κ1) is 11.4. The van der Waals surface area contributed by atoms with Crippen LogP contribution in [0.15, 0.2) is 0 Å². The Morgan fingerprint density at radius 3 is 2.93 bits per heavy atom. The zero-order chi connectivity index (χ0) is 10.7. The maximum Gasteiger partial charge on any atom is 0.0619 e. The van der Waals surface area contributed by atoms with Crippen molar-refractivity contribution in [2.45, 2.75) is 38.8 Å². The van der Waals surface area contributed by atoms with Crippen molar-refractivity contribution in [3.8, 4) is 0 Å². The summed E-state index contributed by atoms with van der Waals surface area (Å²) in [6, 6.07) is 1.33. The summed E-state index contributed by atoms with van der Waals surface area (Å²) in [4.78, 5) is 2.58. The Morgan fingerprint density at radius 2 is 2.27 bits per heavy atom. The summed E-state index contributed by atoms with van der Waals surface area (Å²) < 4.78 is 5.50. The summed E-state index contributed by atoms with van der Waals surface area (Å²) in [5, 5.41) is 3.64. The topological polar surface area (TPSA) is 24.5 Å². The van der Waals surface area contributed by atoms with E-state index in [0.717, 1.165) is 31.7 Å². The number of nitrogens with zero attached hydrogens (tertiary/aromatic N) is 1. The van der Waals surface area contributed by atoms with Gasteiger partial charge in [0.2, 0.25) is 0 Å². The molecule has 1 heterocycles. The minimum atomic E-state index is 0.577. The van der Waals surface area contributed by atoms with Crippen molar-refractivity contribution in [2.24, 2.45) is 5.92 Å². The third-order valence-corrected chi connectivity index (χ3v) is 3.61. The fourth-order valence-electron chi connectivity index (χ4n) is 2.41. The summed E-state index contributed by atoms with van der Waals surface area (Å²) in [6.45, 7) is 9.62.